The first-order chi connectivity index (χ1) is 13.1. The van der Waals surface area contributed by atoms with Gasteiger partial charge >= 0.3 is 0 Å². The lowest BCUT2D eigenvalue weighted by Crippen LogP contribution is -2.50. The number of hydrogen-bond acceptors (Lipinski definition) is 11. The van der Waals surface area contributed by atoms with E-state index in [9.17, 15) is 25.9 Å². The first-order valence-corrected chi connectivity index (χ1v) is 11.0. The van der Waals surface area contributed by atoms with Crippen LogP contribution < -0.4 is 4.74 Å². The highest BCUT2D eigenvalue weighted by Crippen LogP contribution is 2.23. The van der Waals surface area contributed by atoms with Crippen LogP contribution in [-0.4, -0.2) is 70.7 Å². The molecule has 160 valence electrons. The maximum atomic E-state index is 11.0. The summed E-state index contributed by atoms with van der Waals surface area (Å²) in [4.78, 5) is 0. The van der Waals surface area contributed by atoms with Crippen LogP contribution in [0, 0.1) is 0 Å². The van der Waals surface area contributed by atoms with E-state index in [0.29, 0.717) is 18.8 Å². The van der Waals surface area contributed by atoms with Crippen LogP contribution in [0.3, 0.4) is 0 Å². The van der Waals surface area contributed by atoms with Crippen molar-refractivity contribution in [1.29, 1.82) is 0 Å². The van der Waals surface area contributed by atoms with Gasteiger partial charge in [-0.2, -0.15) is 0 Å². The van der Waals surface area contributed by atoms with Crippen LogP contribution >= 0.6 is 0 Å². The standard InChI is InChI=1S/C15H22O11S2/c16-27(17,18)25-11-14-15(26-28(19,20)21)13(7-10-24-14)23-9-4-8-22-12-5-2-1-3-6-12/h1-3,5-6,13-15H,4,7-11H2,(H,16,17,18)(H,19,20,21)/p-2/t13-,14-,15?/m1/s1. The zero-order valence-corrected chi connectivity index (χ0v) is 16.3. The van der Waals surface area contributed by atoms with Crippen LogP contribution in [0.25, 0.3) is 0 Å². The first-order valence-electron chi connectivity index (χ1n) is 8.29. The van der Waals surface area contributed by atoms with Gasteiger partial charge in [-0.3, -0.25) is 8.37 Å². The van der Waals surface area contributed by atoms with Gasteiger partial charge < -0.3 is 23.3 Å². The molecular weight excluding hydrogens is 420 g/mol. The number of hydrogen-bond donors (Lipinski definition) is 0. The Morgan fingerprint density at radius 3 is 2.39 bits per heavy atom. The monoisotopic (exact) mass is 440 g/mol. The highest BCUT2D eigenvalue weighted by Gasteiger charge is 2.38. The van der Waals surface area contributed by atoms with Crippen molar-refractivity contribution in [2.75, 3.05) is 26.4 Å². The molecule has 2 rings (SSSR count). The lowest BCUT2D eigenvalue weighted by molar-refractivity contribution is -0.154. The van der Waals surface area contributed by atoms with Gasteiger partial charge in [-0.05, 0) is 18.6 Å². The summed E-state index contributed by atoms with van der Waals surface area (Å²) in [5, 5.41) is 0. The summed E-state index contributed by atoms with van der Waals surface area (Å²) in [5.41, 5.74) is 0. The summed E-state index contributed by atoms with van der Waals surface area (Å²) in [6.45, 7) is -0.247. The molecule has 0 saturated carbocycles. The van der Waals surface area contributed by atoms with Gasteiger partial charge in [0.1, 0.15) is 18.0 Å². The summed E-state index contributed by atoms with van der Waals surface area (Å²) >= 11 is 0. The van der Waals surface area contributed by atoms with E-state index in [1.807, 2.05) is 18.2 Å². The van der Waals surface area contributed by atoms with E-state index >= 15 is 0 Å². The zero-order valence-electron chi connectivity index (χ0n) is 14.7. The Morgan fingerprint density at radius 1 is 1.04 bits per heavy atom. The lowest BCUT2D eigenvalue weighted by atomic mass is 10.0. The van der Waals surface area contributed by atoms with E-state index in [1.54, 1.807) is 12.1 Å². The highest BCUT2D eigenvalue weighted by atomic mass is 32.3. The molecule has 0 aliphatic carbocycles. The minimum atomic E-state index is -5.13. The molecule has 0 bridgehead atoms. The largest absolute Gasteiger partial charge is 0.726 e. The minimum Gasteiger partial charge on any atom is -0.726 e. The summed E-state index contributed by atoms with van der Waals surface area (Å²) in [6.07, 6.45) is -2.96. The molecule has 28 heavy (non-hydrogen) atoms. The van der Waals surface area contributed by atoms with Gasteiger partial charge in [0, 0.05) is 13.0 Å². The van der Waals surface area contributed by atoms with Crippen LogP contribution in [0.15, 0.2) is 30.3 Å². The van der Waals surface area contributed by atoms with Gasteiger partial charge in [0.15, 0.2) is 0 Å². The second kappa shape index (κ2) is 10.5. The number of benzene rings is 1. The quantitative estimate of drug-likeness (QED) is 0.258. The molecule has 0 spiro atoms. The molecule has 1 aromatic rings. The highest BCUT2D eigenvalue weighted by molar-refractivity contribution is 7.81. The molecule has 1 fully saturated rings. The smallest absolute Gasteiger partial charge is 0.218 e. The minimum absolute atomic E-state index is 0.0663. The van der Waals surface area contributed by atoms with E-state index in [1.165, 1.54) is 0 Å². The van der Waals surface area contributed by atoms with Gasteiger partial charge in [0.2, 0.25) is 20.8 Å². The number of para-hydroxylation sites is 1. The van der Waals surface area contributed by atoms with Crippen LogP contribution in [0.2, 0.25) is 0 Å². The van der Waals surface area contributed by atoms with Crippen molar-refractivity contribution in [2.45, 2.75) is 31.2 Å². The van der Waals surface area contributed by atoms with E-state index in [4.69, 9.17) is 14.2 Å². The van der Waals surface area contributed by atoms with Crippen molar-refractivity contribution in [3.8, 4) is 5.75 Å². The van der Waals surface area contributed by atoms with Crippen LogP contribution in [-0.2, 0) is 38.6 Å². The normalized spacial score (nSPS) is 23.4. The third kappa shape index (κ3) is 8.79. The summed E-state index contributed by atoms with van der Waals surface area (Å²) in [5.74, 6) is 0.684. The summed E-state index contributed by atoms with van der Waals surface area (Å²) in [7, 11) is -10.2. The van der Waals surface area contributed by atoms with Crippen molar-refractivity contribution < 1.29 is 48.5 Å². The van der Waals surface area contributed by atoms with Crippen LogP contribution in [0.4, 0.5) is 0 Å². The Balaban J connectivity index is 1.87. The van der Waals surface area contributed by atoms with Gasteiger partial charge in [0.05, 0.1) is 25.9 Å². The van der Waals surface area contributed by atoms with Crippen molar-refractivity contribution in [3.63, 3.8) is 0 Å². The average molecular weight is 440 g/mol. The van der Waals surface area contributed by atoms with Gasteiger partial charge in [-0.15, -0.1) is 0 Å². The Bertz CT molecular complexity index is 795. The Hall–Kier alpha value is -1.32. The molecule has 0 radical (unpaired) electrons. The Labute approximate surface area is 163 Å². The molecule has 3 atom stereocenters. The zero-order chi connectivity index (χ0) is 20.6. The molecule has 1 aliphatic heterocycles. The fraction of sp³-hybridized carbons (Fsp3) is 0.600. The second-order valence-electron chi connectivity index (χ2n) is 5.78. The average Bonchev–Trinajstić information content (AvgIpc) is 2.60. The lowest BCUT2D eigenvalue weighted by Gasteiger charge is -2.37. The SMILES string of the molecule is O=S(=O)([O-])OC[C@H]1OCC[C@@H](OCCCOc2ccccc2)C1OS(=O)(=O)[O-]. The first kappa shape index (κ1) is 23.0. The topological polar surface area (TPSA) is 161 Å². The van der Waals surface area contributed by atoms with Crippen molar-refractivity contribution in [2.24, 2.45) is 0 Å². The fourth-order valence-corrected chi connectivity index (χ4v) is 3.39. The molecule has 0 aromatic heterocycles. The van der Waals surface area contributed by atoms with Crippen LogP contribution in [0.1, 0.15) is 12.8 Å². The molecule has 1 aromatic carbocycles. The number of rotatable bonds is 11. The Morgan fingerprint density at radius 2 is 1.75 bits per heavy atom. The maximum absolute atomic E-state index is 11.0. The van der Waals surface area contributed by atoms with E-state index in [0.717, 1.165) is 0 Å². The second-order valence-corrected chi connectivity index (χ2v) is 7.85. The van der Waals surface area contributed by atoms with Crippen molar-refractivity contribution >= 4 is 20.8 Å². The van der Waals surface area contributed by atoms with E-state index < -0.39 is 45.7 Å². The van der Waals surface area contributed by atoms with Gasteiger partial charge in [0.25, 0.3) is 0 Å². The van der Waals surface area contributed by atoms with Crippen LogP contribution in [0.5, 0.6) is 5.75 Å². The molecule has 0 N–H and O–H groups in total. The third-order valence-corrected chi connectivity index (χ3v) is 4.59. The predicted molar refractivity (Wildman–Crippen MR) is 90.9 cm³/mol. The summed E-state index contributed by atoms with van der Waals surface area (Å²) in [6, 6.07) is 9.07. The maximum Gasteiger partial charge on any atom is 0.218 e. The van der Waals surface area contributed by atoms with E-state index in [-0.39, 0.29) is 19.6 Å². The molecule has 1 aliphatic rings. The Kier molecular flexibility index (Phi) is 8.57. The van der Waals surface area contributed by atoms with Crippen molar-refractivity contribution in [1.82, 2.24) is 0 Å². The molecule has 13 heteroatoms. The molecule has 11 nitrogen and oxygen atoms in total. The van der Waals surface area contributed by atoms with Gasteiger partial charge in [-0.25, -0.2) is 16.8 Å². The molecule has 0 amide bonds. The molecule has 1 saturated heterocycles. The predicted octanol–water partition coefficient (Wildman–Crippen LogP) is -0.0482. The fourth-order valence-electron chi connectivity index (χ4n) is 2.57. The van der Waals surface area contributed by atoms with Gasteiger partial charge in [-0.1, -0.05) is 18.2 Å². The third-order valence-electron chi connectivity index (χ3n) is 3.71. The van der Waals surface area contributed by atoms with Crippen molar-refractivity contribution in [3.05, 3.63) is 30.3 Å². The molecular formula is C15H20O11S2-2. The number of ether oxygens (including phenoxy) is 3. The molecule has 1 unspecified atom stereocenters. The summed E-state index contributed by atoms with van der Waals surface area (Å²) < 4.78 is 89.6. The molecule has 1 heterocycles. The van der Waals surface area contributed by atoms with E-state index in [2.05, 4.69) is 8.37 Å².